The van der Waals surface area contributed by atoms with E-state index in [-0.39, 0.29) is 17.3 Å². The Labute approximate surface area is 131 Å². The molecule has 0 bridgehead atoms. The summed E-state index contributed by atoms with van der Waals surface area (Å²) >= 11 is 0. The topological polar surface area (TPSA) is 72.5 Å². The first-order valence-corrected chi connectivity index (χ1v) is 8.63. The number of hydrogen-bond donors (Lipinski definition) is 1. The Bertz CT molecular complexity index is 685. The third-order valence-electron chi connectivity index (χ3n) is 3.50. The van der Waals surface area contributed by atoms with E-state index in [1.165, 1.54) is 0 Å². The Hall–Kier alpha value is -1.77. The lowest BCUT2D eigenvalue weighted by molar-refractivity contribution is -0.137. The maximum absolute atomic E-state index is 12.4. The number of hydrogen-bond acceptors (Lipinski definition) is 4. The summed E-state index contributed by atoms with van der Waals surface area (Å²) in [6.45, 7) is 1.23. The van der Waals surface area contributed by atoms with Gasteiger partial charge in [-0.25, -0.2) is 8.42 Å². The van der Waals surface area contributed by atoms with Crippen molar-refractivity contribution in [3.8, 4) is 5.75 Å². The molecule has 0 aromatic heterocycles. The van der Waals surface area contributed by atoms with Crippen LogP contribution in [0.15, 0.2) is 24.3 Å². The molecule has 128 valence electrons. The lowest BCUT2D eigenvalue weighted by Crippen LogP contribution is -2.48. The van der Waals surface area contributed by atoms with Gasteiger partial charge in [-0.3, -0.25) is 4.79 Å². The summed E-state index contributed by atoms with van der Waals surface area (Å²) in [7, 11) is -3.15. The van der Waals surface area contributed by atoms with Gasteiger partial charge in [0.1, 0.15) is 5.75 Å². The predicted octanol–water partition coefficient (Wildman–Crippen LogP) is 1.78. The van der Waals surface area contributed by atoms with Crippen molar-refractivity contribution in [2.24, 2.45) is 0 Å². The van der Waals surface area contributed by atoms with Crippen molar-refractivity contribution >= 4 is 15.7 Å². The van der Waals surface area contributed by atoms with Gasteiger partial charge >= 0.3 is 6.18 Å². The summed E-state index contributed by atoms with van der Waals surface area (Å²) in [5, 5.41) is 2.59. The SMILES string of the molecule is C[C@@]1(NC(=O)COc2ccc(C(F)(F)F)cc2)CCS(=O)(=O)C1. The minimum Gasteiger partial charge on any atom is -0.484 e. The van der Waals surface area contributed by atoms with E-state index in [0.29, 0.717) is 6.42 Å². The second-order valence-electron chi connectivity index (χ2n) is 5.76. The van der Waals surface area contributed by atoms with Gasteiger partial charge in [0.05, 0.1) is 22.6 Å². The van der Waals surface area contributed by atoms with Crippen LogP contribution in [-0.4, -0.2) is 38.0 Å². The van der Waals surface area contributed by atoms with Crippen LogP contribution in [0.3, 0.4) is 0 Å². The molecule has 0 saturated carbocycles. The number of carbonyl (C=O) groups excluding carboxylic acids is 1. The lowest BCUT2D eigenvalue weighted by atomic mass is 10.0. The first-order chi connectivity index (χ1) is 10.5. The molecule has 0 aliphatic carbocycles. The fourth-order valence-electron chi connectivity index (χ4n) is 2.37. The summed E-state index contributed by atoms with van der Waals surface area (Å²) in [5.74, 6) is -0.517. The van der Waals surface area contributed by atoms with Gasteiger partial charge in [-0.2, -0.15) is 13.2 Å². The van der Waals surface area contributed by atoms with Crippen LogP contribution in [0.1, 0.15) is 18.9 Å². The van der Waals surface area contributed by atoms with Crippen LogP contribution in [0.2, 0.25) is 0 Å². The Balaban J connectivity index is 1.87. The maximum Gasteiger partial charge on any atom is 0.416 e. The number of sulfone groups is 1. The Morgan fingerprint density at radius 3 is 2.39 bits per heavy atom. The van der Waals surface area contributed by atoms with Gasteiger partial charge in [-0.1, -0.05) is 0 Å². The molecule has 0 spiro atoms. The van der Waals surface area contributed by atoms with Gasteiger partial charge < -0.3 is 10.1 Å². The van der Waals surface area contributed by atoms with Crippen molar-refractivity contribution < 1.29 is 31.1 Å². The minimum absolute atomic E-state index is 0.0174. The normalized spacial score (nSPS) is 23.5. The highest BCUT2D eigenvalue weighted by atomic mass is 32.2. The van der Waals surface area contributed by atoms with Gasteiger partial charge in [-0.05, 0) is 37.6 Å². The molecule has 1 aliphatic rings. The van der Waals surface area contributed by atoms with Crippen LogP contribution in [0.5, 0.6) is 5.75 Å². The average Bonchev–Trinajstić information content (AvgIpc) is 2.69. The number of nitrogens with one attached hydrogen (secondary N) is 1. The van der Waals surface area contributed by atoms with E-state index in [0.717, 1.165) is 24.3 Å². The van der Waals surface area contributed by atoms with E-state index in [1.807, 2.05) is 0 Å². The molecule has 2 rings (SSSR count). The molecule has 1 saturated heterocycles. The second kappa shape index (κ2) is 6.03. The van der Waals surface area contributed by atoms with Gasteiger partial charge in [0.25, 0.3) is 5.91 Å². The quantitative estimate of drug-likeness (QED) is 0.898. The molecule has 1 aliphatic heterocycles. The van der Waals surface area contributed by atoms with Crippen molar-refractivity contribution in [1.82, 2.24) is 5.32 Å². The Morgan fingerprint density at radius 1 is 1.30 bits per heavy atom. The van der Waals surface area contributed by atoms with Gasteiger partial charge in [0.15, 0.2) is 16.4 Å². The molecular weight excluding hydrogens is 335 g/mol. The summed E-state index contributed by atoms with van der Waals surface area (Å²) in [4.78, 5) is 11.8. The van der Waals surface area contributed by atoms with Crippen LogP contribution >= 0.6 is 0 Å². The molecule has 1 amide bonds. The highest BCUT2D eigenvalue weighted by molar-refractivity contribution is 7.91. The van der Waals surface area contributed by atoms with E-state index in [9.17, 15) is 26.4 Å². The number of amides is 1. The summed E-state index contributed by atoms with van der Waals surface area (Å²) in [5.41, 5.74) is -1.64. The van der Waals surface area contributed by atoms with E-state index in [2.05, 4.69) is 5.32 Å². The zero-order valence-electron chi connectivity index (χ0n) is 12.3. The van der Waals surface area contributed by atoms with Gasteiger partial charge in [-0.15, -0.1) is 0 Å². The highest BCUT2D eigenvalue weighted by Crippen LogP contribution is 2.30. The van der Waals surface area contributed by atoms with Crippen LogP contribution in [0.25, 0.3) is 0 Å². The largest absolute Gasteiger partial charge is 0.484 e. The number of alkyl halides is 3. The molecule has 1 aromatic rings. The number of rotatable bonds is 4. The monoisotopic (exact) mass is 351 g/mol. The first-order valence-electron chi connectivity index (χ1n) is 6.81. The number of halogens is 3. The number of carbonyl (C=O) groups is 1. The molecule has 1 N–H and O–H groups in total. The molecule has 23 heavy (non-hydrogen) atoms. The number of ether oxygens (including phenoxy) is 1. The second-order valence-corrected chi connectivity index (χ2v) is 7.95. The molecule has 0 radical (unpaired) electrons. The molecule has 1 atom stereocenters. The van der Waals surface area contributed by atoms with Crippen molar-refractivity contribution in [3.63, 3.8) is 0 Å². The van der Waals surface area contributed by atoms with Crippen molar-refractivity contribution in [2.75, 3.05) is 18.1 Å². The first kappa shape index (κ1) is 17.6. The van der Waals surface area contributed by atoms with Crippen molar-refractivity contribution in [3.05, 3.63) is 29.8 Å². The summed E-state index contributed by atoms with van der Waals surface area (Å²) in [6.07, 6.45) is -4.11. The smallest absolute Gasteiger partial charge is 0.416 e. The zero-order chi connectivity index (χ0) is 17.3. The van der Waals surface area contributed by atoms with Crippen molar-refractivity contribution in [1.29, 1.82) is 0 Å². The van der Waals surface area contributed by atoms with Crippen molar-refractivity contribution in [2.45, 2.75) is 25.1 Å². The van der Waals surface area contributed by atoms with Crippen LogP contribution in [-0.2, 0) is 20.8 Å². The Morgan fingerprint density at radius 2 is 1.91 bits per heavy atom. The molecule has 1 aromatic carbocycles. The standard InChI is InChI=1S/C14H16F3NO4S/c1-13(6-7-23(20,21)9-13)18-12(19)8-22-11-4-2-10(3-5-11)14(15,16)17/h2-5H,6-9H2,1H3,(H,18,19)/t13-/m1/s1. The molecule has 1 heterocycles. The fraction of sp³-hybridized carbons (Fsp3) is 0.500. The van der Waals surface area contributed by atoms with Gasteiger partial charge in [0.2, 0.25) is 0 Å². The third-order valence-corrected chi connectivity index (χ3v) is 5.40. The summed E-state index contributed by atoms with van der Waals surface area (Å²) < 4.78 is 65.2. The van der Waals surface area contributed by atoms with Crippen LogP contribution < -0.4 is 10.1 Å². The van der Waals surface area contributed by atoms with E-state index >= 15 is 0 Å². The molecule has 9 heteroatoms. The highest BCUT2D eigenvalue weighted by Gasteiger charge is 2.39. The summed E-state index contributed by atoms with van der Waals surface area (Å²) in [6, 6.07) is 3.96. The lowest BCUT2D eigenvalue weighted by Gasteiger charge is -2.23. The Kier molecular flexibility index (Phi) is 4.61. The maximum atomic E-state index is 12.4. The molecular formula is C14H16F3NO4S. The predicted molar refractivity (Wildman–Crippen MR) is 76.8 cm³/mol. The zero-order valence-corrected chi connectivity index (χ0v) is 13.1. The number of benzene rings is 1. The molecule has 5 nitrogen and oxygen atoms in total. The van der Waals surface area contributed by atoms with E-state index in [4.69, 9.17) is 4.74 Å². The average molecular weight is 351 g/mol. The van der Waals surface area contributed by atoms with Gasteiger partial charge in [0, 0.05) is 0 Å². The van der Waals surface area contributed by atoms with Crippen LogP contribution in [0, 0.1) is 0 Å². The minimum atomic E-state index is -4.43. The third kappa shape index (κ3) is 4.85. The molecule has 1 fully saturated rings. The molecule has 0 unspecified atom stereocenters. The van der Waals surface area contributed by atoms with E-state index in [1.54, 1.807) is 6.92 Å². The van der Waals surface area contributed by atoms with Crippen LogP contribution in [0.4, 0.5) is 13.2 Å². The van der Waals surface area contributed by atoms with E-state index < -0.39 is 39.6 Å². The fourth-order valence-corrected chi connectivity index (χ4v) is 4.46.